The molecule has 2 aromatic carbocycles. The zero-order valence-electron chi connectivity index (χ0n) is 18.6. The van der Waals surface area contributed by atoms with Gasteiger partial charge in [0.25, 0.3) is 5.91 Å². The van der Waals surface area contributed by atoms with E-state index in [4.69, 9.17) is 21.1 Å². The van der Waals surface area contributed by atoms with Gasteiger partial charge < -0.3 is 14.8 Å². The van der Waals surface area contributed by atoms with Gasteiger partial charge in [-0.3, -0.25) is 14.5 Å². The van der Waals surface area contributed by atoms with Crippen molar-refractivity contribution in [2.75, 3.05) is 30.5 Å². The zero-order chi connectivity index (χ0) is 23.5. The maximum absolute atomic E-state index is 12.9. The van der Waals surface area contributed by atoms with E-state index in [1.165, 1.54) is 4.90 Å². The van der Waals surface area contributed by atoms with Gasteiger partial charge in [0, 0.05) is 35.2 Å². The van der Waals surface area contributed by atoms with Crippen molar-refractivity contribution in [2.24, 2.45) is 0 Å². The van der Waals surface area contributed by atoms with Gasteiger partial charge in [-0.15, -0.1) is 11.3 Å². The molecule has 2 amide bonds. The molecule has 3 aromatic rings. The number of nitrogens with one attached hydrogen (secondary N) is 1. The van der Waals surface area contributed by atoms with E-state index in [0.29, 0.717) is 28.8 Å². The number of halogens is 1. The van der Waals surface area contributed by atoms with Crippen LogP contribution in [0.1, 0.15) is 17.5 Å². The standard InChI is InChI=1S/C24H24ClN3O4S/c1-14-17(25)5-4-6-18(14)26-22(29)12-28-20-11-16(7-8-21(20)32-15(2)24(28)30)19-13-33-23(27-19)9-10-31-3/h4-8,11,13,15H,9-10,12H2,1-3H3,(H,26,29). The molecule has 0 radical (unpaired) electrons. The SMILES string of the molecule is COCCc1nc(-c2ccc3c(c2)N(CC(=O)Nc2cccc(Cl)c2C)C(=O)C(C)O3)cs1. The number of ether oxygens (including phenoxy) is 2. The predicted octanol–water partition coefficient (Wildman–Crippen LogP) is 4.71. The second kappa shape index (κ2) is 9.91. The number of rotatable bonds is 7. The first kappa shape index (κ1) is 23.2. The number of fused-ring (bicyclic) bond motifs is 1. The molecule has 0 aliphatic carbocycles. The van der Waals surface area contributed by atoms with Crippen molar-refractivity contribution < 1.29 is 19.1 Å². The lowest BCUT2D eigenvalue weighted by molar-refractivity contribution is -0.127. The monoisotopic (exact) mass is 485 g/mol. The minimum atomic E-state index is -0.691. The number of aromatic nitrogens is 1. The lowest BCUT2D eigenvalue weighted by Gasteiger charge is -2.33. The number of thiazole rings is 1. The van der Waals surface area contributed by atoms with Crippen LogP contribution in [-0.4, -0.2) is 43.2 Å². The second-order valence-electron chi connectivity index (χ2n) is 7.70. The molecule has 0 saturated carbocycles. The Bertz CT molecular complexity index is 1200. The Balaban J connectivity index is 1.59. The highest BCUT2D eigenvalue weighted by atomic mass is 35.5. The minimum Gasteiger partial charge on any atom is -0.479 e. The average Bonchev–Trinajstić information content (AvgIpc) is 3.27. The van der Waals surface area contributed by atoms with Crippen molar-refractivity contribution in [1.29, 1.82) is 0 Å². The Morgan fingerprint density at radius 1 is 1.33 bits per heavy atom. The van der Waals surface area contributed by atoms with Crippen LogP contribution in [-0.2, 0) is 20.7 Å². The van der Waals surface area contributed by atoms with Crippen LogP contribution in [0.15, 0.2) is 41.8 Å². The smallest absolute Gasteiger partial charge is 0.268 e. The number of nitrogens with zero attached hydrogens (tertiary/aromatic N) is 2. The normalized spacial score (nSPS) is 15.2. The Morgan fingerprint density at radius 2 is 2.15 bits per heavy atom. The number of methoxy groups -OCH3 is 1. The molecule has 1 aromatic heterocycles. The molecule has 0 saturated heterocycles. The summed E-state index contributed by atoms with van der Waals surface area (Å²) in [5.74, 6) is -0.0567. The Morgan fingerprint density at radius 3 is 2.94 bits per heavy atom. The molecule has 7 nitrogen and oxygen atoms in total. The summed E-state index contributed by atoms with van der Waals surface area (Å²) in [4.78, 5) is 31.9. The fraction of sp³-hybridized carbons (Fsp3) is 0.292. The van der Waals surface area contributed by atoms with Crippen LogP contribution in [0.4, 0.5) is 11.4 Å². The number of carbonyl (C=O) groups is 2. The number of anilines is 2. The molecule has 0 fully saturated rings. The molecule has 1 N–H and O–H groups in total. The number of carbonyl (C=O) groups excluding carboxylic acids is 2. The molecule has 1 aliphatic heterocycles. The number of amides is 2. The molecule has 1 atom stereocenters. The van der Waals surface area contributed by atoms with Crippen molar-refractivity contribution in [2.45, 2.75) is 26.4 Å². The fourth-order valence-corrected chi connectivity index (χ4v) is 4.52. The van der Waals surface area contributed by atoms with Crippen LogP contribution in [0.2, 0.25) is 5.02 Å². The summed E-state index contributed by atoms with van der Waals surface area (Å²) in [5.41, 5.74) is 3.57. The van der Waals surface area contributed by atoms with Gasteiger partial charge in [0.15, 0.2) is 6.10 Å². The van der Waals surface area contributed by atoms with Gasteiger partial charge >= 0.3 is 0 Å². The third kappa shape index (κ3) is 5.03. The molecule has 1 aliphatic rings. The van der Waals surface area contributed by atoms with Gasteiger partial charge in [0.1, 0.15) is 12.3 Å². The minimum absolute atomic E-state index is 0.148. The van der Waals surface area contributed by atoms with E-state index in [1.807, 2.05) is 30.5 Å². The van der Waals surface area contributed by atoms with E-state index < -0.39 is 6.10 Å². The van der Waals surface area contributed by atoms with Crippen LogP contribution >= 0.6 is 22.9 Å². The molecule has 172 valence electrons. The topological polar surface area (TPSA) is 80.8 Å². The summed E-state index contributed by atoms with van der Waals surface area (Å²) in [5, 5.41) is 6.36. The first-order valence-electron chi connectivity index (χ1n) is 10.5. The highest BCUT2D eigenvalue weighted by molar-refractivity contribution is 7.09. The van der Waals surface area contributed by atoms with Crippen LogP contribution < -0.4 is 15.0 Å². The van der Waals surface area contributed by atoms with Crippen molar-refractivity contribution >= 4 is 46.1 Å². The highest BCUT2D eigenvalue weighted by Gasteiger charge is 2.33. The van der Waals surface area contributed by atoms with E-state index in [2.05, 4.69) is 10.3 Å². The van der Waals surface area contributed by atoms with Crippen LogP contribution in [0.5, 0.6) is 5.75 Å². The molecule has 1 unspecified atom stereocenters. The summed E-state index contributed by atoms with van der Waals surface area (Å²) in [6, 6.07) is 10.9. The summed E-state index contributed by atoms with van der Waals surface area (Å²) < 4.78 is 10.9. The van der Waals surface area contributed by atoms with Crippen LogP contribution in [0.3, 0.4) is 0 Å². The first-order chi connectivity index (χ1) is 15.9. The van der Waals surface area contributed by atoms with Crippen LogP contribution in [0, 0.1) is 6.92 Å². The quantitative estimate of drug-likeness (QED) is 0.524. The van der Waals surface area contributed by atoms with E-state index in [0.717, 1.165) is 28.2 Å². The van der Waals surface area contributed by atoms with E-state index >= 15 is 0 Å². The predicted molar refractivity (Wildman–Crippen MR) is 130 cm³/mol. The molecule has 4 rings (SSSR count). The van der Waals surface area contributed by atoms with Gasteiger partial charge in [0.2, 0.25) is 5.91 Å². The lowest BCUT2D eigenvalue weighted by Crippen LogP contribution is -2.47. The van der Waals surface area contributed by atoms with E-state index in [1.54, 1.807) is 43.6 Å². The van der Waals surface area contributed by atoms with E-state index in [-0.39, 0.29) is 18.4 Å². The fourth-order valence-electron chi connectivity index (χ4n) is 3.55. The van der Waals surface area contributed by atoms with Crippen molar-refractivity contribution in [3.8, 4) is 17.0 Å². The maximum atomic E-state index is 12.9. The molecular weight excluding hydrogens is 462 g/mol. The maximum Gasteiger partial charge on any atom is 0.268 e. The number of hydrogen-bond donors (Lipinski definition) is 1. The Labute approximate surface area is 201 Å². The van der Waals surface area contributed by atoms with Gasteiger partial charge in [-0.2, -0.15) is 0 Å². The first-order valence-corrected chi connectivity index (χ1v) is 11.7. The molecular formula is C24H24ClN3O4S. The highest BCUT2D eigenvalue weighted by Crippen LogP contribution is 2.38. The zero-order valence-corrected chi connectivity index (χ0v) is 20.1. The van der Waals surface area contributed by atoms with E-state index in [9.17, 15) is 9.59 Å². The summed E-state index contributed by atoms with van der Waals surface area (Å²) in [6.07, 6.45) is 0.0458. The Hall–Kier alpha value is -2.94. The summed E-state index contributed by atoms with van der Waals surface area (Å²) in [7, 11) is 1.66. The second-order valence-corrected chi connectivity index (χ2v) is 9.05. The van der Waals surface area contributed by atoms with Gasteiger partial charge in [0.05, 0.1) is 23.0 Å². The van der Waals surface area contributed by atoms with Gasteiger partial charge in [-0.25, -0.2) is 4.98 Å². The summed E-state index contributed by atoms with van der Waals surface area (Å²) >= 11 is 7.72. The Kier molecular flexibility index (Phi) is 6.97. The van der Waals surface area contributed by atoms with Crippen LogP contribution in [0.25, 0.3) is 11.3 Å². The molecule has 0 bridgehead atoms. The van der Waals surface area contributed by atoms with Gasteiger partial charge in [-0.1, -0.05) is 17.7 Å². The molecule has 0 spiro atoms. The third-order valence-corrected chi connectivity index (χ3v) is 6.70. The van der Waals surface area contributed by atoms with Crippen molar-refractivity contribution in [3.05, 3.63) is 57.4 Å². The number of hydrogen-bond acceptors (Lipinski definition) is 6. The average molecular weight is 486 g/mol. The summed E-state index contributed by atoms with van der Waals surface area (Å²) in [6.45, 7) is 3.96. The molecule has 9 heteroatoms. The largest absolute Gasteiger partial charge is 0.479 e. The number of benzene rings is 2. The van der Waals surface area contributed by atoms with Gasteiger partial charge in [-0.05, 0) is 49.7 Å². The third-order valence-electron chi connectivity index (χ3n) is 5.38. The molecule has 33 heavy (non-hydrogen) atoms. The van der Waals surface area contributed by atoms with Crippen molar-refractivity contribution in [1.82, 2.24) is 4.98 Å². The molecule has 2 heterocycles. The lowest BCUT2D eigenvalue weighted by atomic mass is 10.1. The van der Waals surface area contributed by atoms with Crippen molar-refractivity contribution in [3.63, 3.8) is 0 Å².